The van der Waals surface area contributed by atoms with Crippen LogP contribution in [0.2, 0.25) is 0 Å². The minimum Gasteiger partial charge on any atom is -0.273 e. The highest BCUT2D eigenvalue weighted by atomic mass is 19.4. The Labute approximate surface area is 73.2 Å². The normalized spacial score (nSPS) is 18.5. The van der Waals surface area contributed by atoms with E-state index in [0.717, 1.165) is 5.01 Å². The maximum Gasteiger partial charge on any atom is 0.431 e. The van der Waals surface area contributed by atoms with Gasteiger partial charge in [0.05, 0.1) is 6.42 Å². The molecule has 0 aliphatic carbocycles. The summed E-state index contributed by atoms with van der Waals surface area (Å²) >= 11 is 0. The van der Waals surface area contributed by atoms with Crippen LogP contribution in [0.3, 0.4) is 0 Å². The van der Waals surface area contributed by atoms with Gasteiger partial charge in [-0.05, 0) is 13.8 Å². The van der Waals surface area contributed by atoms with Crippen LogP contribution in [0.1, 0.15) is 20.3 Å². The second kappa shape index (κ2) is 3.01. The van der Waals surface area contributed by atoms with E-state index in [1.54, 1.807) is 13.8 Å². The standard InChI is InChI=1S/C7H9F3N2O/c1-4(2)12-6(13)3-5(11-12)7(8,9)10/h4H,3H2,1-2H3. The Morgan fingerprint density at radius 1 is 1.46 bits per heavy atom. The van der Waals surface area contributed by atoms with Crippen molar-refractivity contribution in [3.63, 3.8) is 0 Å². The van der Waals surface area contributed by atoms with E-state index in [1.165, 1.54) is 0 Å². The Morgan fingerprint density at radius 2 is 2.00 bits per heavy atom. The van der Waals surface area contributed by atoms with Crippen LogP contribution in [-0.2, 0) is 4.79 Å². The topological polar surface area (TPSA) is 32.7 Å². The van der Waals surface area contributed by atoms with E-state index < -0.39 is 24.2 Å². The van der Waals surface area contributed by atoms with Crippen LogP contribution in [0, 0.1) is 0 Å². The van der Waals surface area contributed by atoms with E-state index >= 15 is 0 Å². The first-order valence-corrected chi connectivity index (χ1v) is 3.79. The molecule has 0 radical (unpaired) electrons. The molecule has 0 fully saturated rings. The lowest BCUT2D eigenvalue weighted by molar-refractivity contribution is -0.130. The smallest absolute Gasteiger partial charge is 0.273 e. The van der Waals surface area contributed by atoms with Crippen molar-refractivity contribution in [1.82, 2.24) is 5.01 Å². The minimum absolute atomic E-state index is 0.327. The van der Waals surface area contributed by atoms with Gasteiger partial charge in [0.15, 0.2) is 5.71 Å². The summed E-state index contributed by atoms with van der Waals surface area (Å²) in [4.78, 5) is 11.0. The van der Waals surface area contributed by atoms with Crippen LogP contribution in [0.5, 0.6) is 0 Å². The first-order chi connectivity index (χ1) is 5.82. The fraction of sp³-hybridized carbons (Fsp3) is 0.714. The summed E-state index contributed by atoms with van der Waals surface area (Å²) in [5, 5.41) is 4.08. The molecule has 0 spiro atoms. The number of hydrogen-bond donors (Lipinski definition) is 0. The molecule has 1 rings (SSSR count). The highest BCUT2D eigenvalue weighted by Crippen LogP contribution is 2.25. The average molecular weight is 194 g/mol. The molecule has 13 heavy (non-hydrogen) atoms. The van der Waals surface area contributed by atoms with Crippen molar-refractivity contribution in [2.75, 3.05) is 0 Å². The van der Waals surface area contributed by atoms with Crippen molar-refractivity contribution in [3.8, 4) is 0 Å². The Bertz CT molecular complexity index is 257. The largest absolute Gasteiger partial charge is 0.431 e. The Hall–Kier alpha value is -1.07. The van der Waals surface area contributed by atoms with Gasteiger partial charge in [0, 0.05) is 6.04 Å². The molecule has 0 aromatic carbocycles. The molecule has 0 atom stereocenters. The minimum atomic E-state index is -4.49. The number of halogens is 3. The second-order valence-corrected chi connectivity index (χ2v) is 3.05. The fourth-order valence-corrected chi connectivity index (χ4v) is 1.01. The molecular formula is C7H9F3N2O. The third kappa shape index (κ3) is 1.99. The van der Waals surface area contributed by atoms with E-state index in [9.17, 15) is 18.0 Å². The van der Waals surface area contributed by atoms with Crippen molar-refractivity contribution >= 4 is 11.6 Å². The lowest BCUT2D eigenvalue weighted by atomic mass is 10.2. The number of hydrogen-bond acceptors (Lipinski definition) is 2. The Morgan fingerprint density at radius 3 is 2.23 bits per heavy atom. The van der Waals surface area contributed by atoms with E-state index in [-0.39, 0.29) is 6.04 Å². The Kier molecular flexibility index (Phi) is 2.32. The predicted octanol–water partition coefficient (Wildman–Crippen LogP) is 1.55. The van der Waals surface area contributed by atoms with Gasteiger partial charge in [0.25, 0.3) is 0 Å². The van der Waals surface area contributed by atoms with Crippen LogP contribution < -0.4 is 0 Å². The van der Waals surface area contributed by atoms with Gasteiger partial charge in [-0.1, -0.05) is 0 Å². The summed E-state index contributed by atoms with van der Waals surface area (Å²) in [6, 6.07) is -0.327. The molecule has 0 unspecified atom stereocenters. The third-order valence-electron chi connectivity index (χ3n) is 1.62. The molecule has 0 N–H and O–H groups in total. The van der Waals surface area contributed by atoms with Gasteiger partial charge in [-0.15, -0.1) is 0 Å². The average Bonchev–Trinajstić information content (AvgIpc) is 2.29. The molecule has 0 bridgehead atoms. The molecule has 0 saturated carbocycles. The highest BCUT2D eigenvalue weighted by Gasteiger charge is 2.42. The van der Waals surface area contributed by atoms with Gasteiger partial charge >= 0.3 is 6.18 Å². The van der Waals surface area contributed by atoms with Crippen LogP contribution in [0.25, 0.3) is 0 Å². The van der Waals surface area contributed by atoms with Gasteiger partial charge in [-0.2, -0.15) is 18.3 Å². The molecule has 1 aliphatic rings. The SMILES string of the molecule is CC(C)N1N=C(C(F)(F)F)CC1=O. The summed E-state index contributed by atoms with van der Waals surface area (Å²) in [7, 11) is 0. The molecular weight excluding hydrogens is 185 g/mol. The molecule has 0 aromatic rings. The van der Waals surface area contributed by atoms with Gasteiger partial charge < -0.3 is 0 Å². The summed E-state index contributed by atoms with van der Waals surface area (Å²) < 4.78 is 36.2. The quantitative estimate of drug-likeness (QED) is 0.623. The number of alkyl halides is 3. The number of amides is 1. The lowest BCUT2D eigenvalue weighted by Crippen LogP contribution is -2.27. The summed E-state index contributed by atoms with van der Waals surface area (Å²) in [5.74, 6) is -0.595. The zero-order chi connectivity index (χ0) is 10.2. The van der Waals surface area contributed by atoms with Crippen molar-refractivity contribution in [3.05, 3.63) is 0 Å². The number of carbonyl (C=O) groups is 1. The molecule has 6 heteroatoms. The first-order valence-electron chi connectivity index (χ1n) is 3.79. The van der Waals surface area contributed by atoms with E-state index in [4.69, 9.17) is 0 Å². The molecule has 1 amide bonds. The Balaban J connectivity index is 2.84. The maximum absolute atomic E-state index is 12.1. The molecule has 74 valence electrons. The van der Waals surface area contributed by atoms with Crippen molar-refractivity contribution in [1.29, 1.82) is 0 Å². The highest BCUT2D eigenvalue weighted by molar-refractivity contribution is 6.07. The van der Waals surface area contributed by atoms with E-state index in [2.05, 4.69) is 5.10 Å². The zero-order valence-corrected chi connectivity index (χ0v) is 7.22. The first kappa shape index (κ1) is 10.0. The fourth-order valence-electron chi connectivity index (χ4n) is 1.01. The molecule has 0 aromatic heterocycles. The van der Waals surface area contributed by atoms with E-state index in [1.807, 2.05) is 0 Å². The lowest BCUT2D eigenvalue weighted by Gasteiger charge is -2.15. The zero-order valence-electron chi connectivity index (χ0n) is 7.22. The van der Waals surface area contributed by atoms with Crippen LogP contribution in [0.4, 0.5) is 13.2 Å². The maximum atomic E-state index is 12.1. The number of hydrazone groups is 1. The van der Waals surface area contributed by atoms with Crippen LogP contribution in [-0.4, -0.2) is 28.8 Å². The molecule has 0 saturated heterocycles. The summed E-state index contributed by atoms with van der Waals surface area (Å²) in [6.07, 6.45) is -5.12. The molecule has 1 aliphatic heterocycles. The summed E-state index contributed by atoms with van der Waals surface area (Å²) in [6.45, 7) is 3.22. The van der Waals surface area contributed by atoms with Crippen LogP contribution >= 0.6 is 0 Å². The number of nitrogens with zero attached hydrogens (tertiary/aromatic N) is 2. The monoisotopic (exact) mass is 194 g/mol. The predicted molar refractivity (Wildman–Crippen MR) is 40.1 cm³/mol. The number of rotatable bonds is 1. The van der Waals surface area contributed by atoms with Gasteiger partial charge in [-0.3, -0.25) is 4.79 Å². The van der Waals surface area contributed by atoms with Crippen LogP contribution in [0.15, 0.2) is 5.10 Å². The second-order valence-electron chi connectivity index (χ2n) is 3.05. The van der Waals surface area contributed by atoms with Crippen molar-refractivity contribution < 1.29 is 18.0 Å². The van der Waals surface area contributed by atoms with Gasteiger partial charge in [0.1, 0.15) is 0 Å². The third-order valence-corrected chi connectivity index (χ3v) is 1.62. The van der Waals surface area contributed by atoms with Gasteiger partial charge in [-0.25, -0.2) is 5.01 Å². The van der Waals surface area contributed by atoms with E-state index in [0.29, 0.717) is 0 Å². The van der Waals surface area contributed by atoms with Gasteiger partial charge in [0.2, 0.25) is 5.91 Å². The van der Waals surface area contributed by atoms with Crippen molar-refractivity contribution in [2.45, 2.75) is 32.5 Å². The molecule has 1 heterocycles. The summed E-state index contributed by atoms with van der Waals surface area (Å²) in [5.41, 5.74) is -1.01. The molecule has 3 nitrogen and oxygen atoms in total. The van der Waals surface area contributed by atoms with Crippen molar-refractivity contribution in [2.24, 2.45) is 5.10 Å². The number of carbonyl (C=O) groups excluding carboxylic acids is 1.